The SMILES string of the molecule is C=CCOC(=O)NC(C)C(=O)c1ccccc1. The number of hydrogen-bond acceptors (Lipinski definition) is 3. The van der Waals surface area contributed by atoms with Crippen LogP contribution in [0.3, 0.4) is 0 Å². The van der Waals surface area contributed by atoms with Gasteiger partial charge < -0.3 is 10.1 Å². The number of Topliss-reactive ketones (excluding diaryl/α,β-unsaturated/α-hetero) is 1. The molecule has 0 spiro atoms. The lowest BCUT2D eigenvalue weighted by Crippen LogP contribution is -2.38. The zero-order valence-electron chi connectivity index (χ0n) is 9.68. The molecule has 1 aromatic carbocycles. The van der Waals surface area contributed by atoms with Crippen molar-refractivity contribution in [3.63, 3.8) is 0 Å². The summed E-state index contributed by atoms with van der Waals surface area (Å²) in [5, 5.41) is 2.45. The second-order valence-electron chi connectivity index (χ2n) is 3.48. The van der Waals surface area contributed by atoms with Gasteiger partial charge >= 0.3 is 6.09 Å². The van der Waals surface area contributed by atoms with E-state index in [2.05, 4.69) is 11.9 Å². The normalized spacial score (nSPS) is 11.4. The topological polar surface area (TPSA) is 55.4 Å². The van der Waals surface area contributed by atoms with E-state index in [1.54, 1.807) is 31.2 Å². The van der Waals surface area contributed by atoms with Crippen molar-refractivity contribution in [3.05, 3.63) is 48.6 Å². The standard InChI is InChI=1S/C13H15NO3/c1-3-9-17-13(16)14-10(2)12(15)11-7-5-4-6-8-11/h3-8,10H,1,9H2,2H3,(H,14,16). The fraction of sp³-hybridized carbons (Fsp3) is 0.231. The second-order valence-corrected chi connectivity index (χ2v) is 3.48. The maximum atomic E-state index is 11.9. The van der Waals surface area contributed by atoms with Gasteiger partial charge in [0.05, 0.1) is 6.04 Å². The lowest BCUT2D eigenvalue weighted by molar-refractivity contribution is 0.0936. The molecular formula is C13H15NO3. The number of ketones is 1. The molecule has 1 rings (SSSR count). The molecule has 0 aliphatic rings. The van der Waals surface area contributed by atoms with Gasteiger partial charge in [-0.1, -0.05) is 43.0 Å². The smallest absolute Gasteiger partial charge is 0.408 e. The number of ether oxygens (including phenoxy) is 1. The Morgan fingerprint density at radius 2 is 2.06 bits per heavy atom. The van der Waals surface area contributed by atoms with Crippen molar-refractivity contribution < 1.29 is 14.3 Å². The quantitative estimate of drug-likeness (QED) is 0.626. The number of rotatable bonds is 5. The van der Waals surface area contributed by atoms with Gasteiger partial charge in [-0.15, -0.1) is 0 Å². The molecule has 1 atom stereocenters. The highest BCUT2D eigenvalue weighted by molar-refractivity contribution is 6.01. The van der Waals surface area contributed by atoms with Crippen molar-refractivity contribution in [2.24, 2.45) is 0 Å². The van der Waals surface area contributed by atoms with Gasteiger partial charge in [-0.05, 0) is 6.92 Å². The molecule has 0 saturated carbocycles. The fourth-order valence-corrected chi connectivity index (χ4v) is 1.27. The van der Waals surface area contributed by atoms with E-state index in [1.165, 1.54) is 6.08 Å². The van der Waals surface area contributed by atoms with Gasteiger partial charge in [-0.25, -0.2) is 4.79 Å². The van der Waals surface area contributed by atoms with Crippen LogP contribution in [0.4, 0.5) is 4.79 Å². The van der Waals surface area contributed by atoms with Gasteiger partial charge in [-0.2, -0.15) is 0 Å². The molecular weight excluding hydrogens is 218 g/mol. The summed E-state index contributed by atoms with van der Waals surface area (Å²) in [5.41, 5.74) is 0.559. The molecule has 17 heavy (non-hydrogen) atoms. The highest BCUT2D eigenvalue weighted by Gasteiger charge is 2.17. The minimum atomic E-state index is -0.623. The summed E-state index contributed by atoms with van der Waals surface area (Å²) < 4.78 is 4.73. The first-order chi connectivity index (χ1) is 8.15. The van der Waals surface area contributed by atoms with Crippen LogP contribution >= 0.6 is 0 Å². The van der Waals surface area contributed by atoms with Crippen LogP contribution in [0.5, 0.6) is 0 Å². The van der Waals surface area contributed by atoms with Crippen LogP contribution in [-0.2, 0) is 4.74 Å². The fourth-order valence-electron chi connectivity index (χ4n) is 1.27. The molecule has 0 fully saturated rings. The van der Waals surface area contributed by atoms with Gasteiger partial charge in [0.2, 0.25) is 0 Å². The average Bonchev–Trinajstić information content (AvgIpc) is 2.36. The Balaban J connectivity index is 2.53. The van der Waals surface area contributed by atoms with Gasteiger partial charge in [-0.3, -0.25) is 4.79 Å². The maximum Gasteiger partial charge on any atom is 0.408 e. The molecule has 90 valence electrons. The van der Waals surface area contributed by atoms with Crippen LogP contribution in [0.1, 0.15) is 17.3 Å². The summed E-state index contributed by atoms with van der Waals surface area (Å²) in [6.45, 7) is 5.16. The monoisotopic (exact) mass is 233 g/mol. The molecule has 0 heterocycles. The summed E-state index contributed by atoms with van der Waals surface area (Å²) in [6, 6.07) is 8.17. The number of carbonyl (C=O) groups is 2. The molecule has 1 unspecified atom stereocenters. The lowest BCUT2D eigenvalue weighted by Gasteiger charge is -2.12. The maximum absolute atomic E-state index is 11.9. The van der Waals surface area contributed by atoms with Gasteiger partial charge in [0.25, 0.3) is 0 Å². The Labute approximate surface area is 100 Å². The van der Waals surface area contributed by atoms with E-state index in [9.17, 15) is 9.59 Å². The number of amides is 1. The second kappa shape index (κ2) is 6.48. The molecule has 4 nitrogen and oxygen atoms in total. The predicted octanol–water partition coefficient (Wildman–Crippen LogP) is 2.17. The Kier molecular flexibility index (Phi) is 4.94. The summed E-state index contributed by atoms with van der Waals surface area (Å²) in [6.07, 6.45) is 0.838. The highest BCUT2D eigenvalue weighted by atomic mass is 16.5. The van der Waals surface area contributed by atoms with Crippen LogP contribution < -0.4 is 5.32 Å². The predicted molar refractivity (Wildman–Crippen MR) is 64.9 cm³/mol. The van der Waals surface area contributed by atoms with E-state index in [-0.39, 0.29) is 12.4 Å². The van der Waals surface area contributed by atoms with E-state index in [4.69, 9.17) is 4.74 Å². The number of alkyl carbamates (subject to hydrolysis) is 1. The van der Waals surface area contributed by atoms with Crippen LogP contribution in [0.15, 0.2) is 43.0 Å². The minimum absolute atomic E-state index is 0.123. The van der Waals surface area contributed by atoms with Crippen LogP contribution in [-0.4, -0.2) is 24.5 Å². The van der Waals surface area contributed by atoms with E-state index >= 15 is 0 Å². The van der Waals surface area contributed by atoms with Crippen LogP contribution in [0.25, 0.3) is 0 Å². The van der Waals surface area contributed by atoms with Crippen LogP contribution in [0, 0.1) is 0 Å². The summed E-state index contributed by atoms with van der Waals surface area (Å²) in [5.74, 6) is -0.152. The van der Waals surface area contributed by atoms with Crippen molar-refractivity contribution in [1.29, 1.82) is 0 Å². The molecule has 0 aromatic heterocycles. The molecule has 0 aliphatic carbocycles. The summed E-state index contributed by atoms with van der Waals surface area (Å²) in [4.78, 5) is 23.1. The van der Waals surface area contributed by atoms with Crippen molar-refractivity contribution in [2.45, 2.75) is 13.0 Å². The Bertz CT molecular complexity index is 400. The first-order valence-corrected chi connectivity index (χ1v) is 5.28. The van der Waals surface area contributed by atoms with Crippen LogP contribution in [0.2, 0.25) is 0 Å². The van der Waals surface area contributed by atoms with E-state index in [0.717, 1.165) is 0 Å². The lowest BCUT2D eigenvalue weighted by atomic mass is 10.1. The zero-order chi connectivity index (χ0) is 12.7. The van der Waals surface area contributed by atoms with E-state index < -0.39 is 12.1 Å². The average molecular weight is 233 g/mol. The molecule has 4 heteroatoms. The molecule has 0 aliphatic heterocycles. The third-order valence-corrected chi connectivity index (χ3v) is 2.12. The van der Waals surface area contributed by atoms with Crippen molar-refractivity contribution in [3.8, 4) is 0 Å². The molecule has 0 bridgehead atoms. The van der Waals surface area contributed by atoms with E-state index in [0.29, 0.717) is 5.56 Å². The van der Waals surface area contributed by atoms with Gasteiger partial charge in [0.1, 0.15) is 6.61 Å². The van der Waals surface area contributed by atoms with Crippen molar-refractivity contribution in [2.75, 3.05) is 6.61 Å². The molecule has 0 saturated heterocycles. The number of carbonyl (C=O) groups excluding carboxylic acids is 2. The summed E-state index contributed by atoms with van der Waals surface area (Å²) >= 11 is 0. The number of benzene rings is 1. The molecule has 0 radical (unpaired) electrons. The molecule has 1 amide bonds. The first kappa shape index (κ1) is 13.0. The Morgan fingerprint density at radius 3 is 2.65 bits per heavy atom. The Morgan fingerprint density at radius 1 is 1.41 bits per heavy atom. The van der Waals surface area contributed by atoms with Gasteiger partial charge in [0, 0.05) is 5.56 Å². The third kappa shape index (κ3) is 4.10. The number of nitrogens with one attached hydrogen (secondary N) is 1. The van der Waals surface area contributed by atoms with Gasteiger partial charge in [0.15, 0.2) is 5.78 Å². The third-order valence-electron chi connectivity index (χ3n) is 2.12. The molecule has 1 N–H and O–H groups in total. The van der Waals surface area contributed by atoms with Crippen molar-refractivity contribution >= 4 is 11.9 Å². The number of hydrogen-bond donors (Lipinski definition) is 1. The molecule has 1 aromatic rings. The largest absolute Gasteiger partial charge is 0.445 e. The van der Waals surface area contributed by atoms with E-state index in [1.807, 2.05) is 6.07 Å². The highest BCUT2D eigenvalue weighted by Crippen LogP contribution is 2.03. The van der Waals surface area contributed by atoms with Crippen molar-refractivity contribution in [1.82, 2.24) is 5.32 Å². The zero-order valence-corrected chi connectivity index (χ0v) is 9.68. The minimum Gasteiger partial charge on any atom is -0.445 e. The first-order valence-electron chi connectivity index (χ1n) is 5.28. The summed E-state index contributed by atoms with van der Waals surface area (Å²) in [7, 11) is 0. The Hall–Kier alpha value is -2.10.